The van der Waals surface area contributed by atoms with Gasteiger partial charge in [0.05, 0.1) is 0 Å². The number of aryl methyl sites for hydroxylation is 1. The lowest BCUT2D eigenvalue weighted by molar-refractivity contribution is 0.0945. The lowest BCUT2D eigenvalue weighted by Crippen LogP contribution is -2.25. The van der Waals surface area contributed by atoms with Gasteiger partial charge in [-0.25, -0.2) is 0 Å². The molecule has 5 heteroatoms. The Hall–Kier alpha value is -2.43. The molecule has 1 aliphatic heterocycles. The molecule has 2 heterocycles. The van der Waals surface area contributed by atoms with Crippen LogP contribution in [0.4, 0.5) is 5.82 Å². The van der Waals surface area contributed by atoms with Crippen LogP contribution in [0, 0.1) is 6.92 Å². The van der Waals surface area contributed by atoms with Crippen LogP contribution >= 0.6 is 0 Å². The van der Waals surface area contributed by atoms with E-state index in [2.05, 4.69) is 20.4 Å². The quantitative estimate of drug-likeness (QED) is 0.940. The third kappa shape index (κ3) is 3.42. The van der Waals surface area contributed by atoms with Crippen LogP contribution < -0.4 is 10.2 Å². The molecular formula is C17H20N4O. The summed E-state index contributed by atoms with van der Waals surface area (Å²) in [5.74, 6) is 0.661. The molecule has 1 aromatic carbocycles. The fourth-order valence-electron chi connectivity index (χ4n) is 2.54. The normalized spacial score (nSPS) is 14.1. The second-order valence-corrected chi connectivity index (χ2v) is 5.64. The Morgan fingerprint density at radius 3 is 2.45 bits per heavy atom. The van der Waals surface area contributed by atoms with Crippen molar-refractivity contribution < 1.29 is 4.79 Å². The van der Waals surface area contributed by atoms with E-state index < -0.39 is 0 Å². The van der Waals surface area contributed by atoms with Crippen molar-refractivity contribution in [3.63, 3.8) is 0 Å². The summed E-state index contributed by atoms with van der Waals surface area (Å²) in [5, 5.41) is 11.1. The maximum absolute atomic E-state index is 12.1. The number of benzene rings is 1. The molecule has 0 bridgehead atoms. The SMILES string of the molecule is Cc1ccc(CNC(=O)c2ccc(N3CCCC3)nn2)cc1. The predicted molar refractivity (Wildman–Crippen MR) is 85.8 cm³/mol. The molecule has 1 amide bonds. The summed E-state index contributed by atoms with van der Waals surface area (Å²) >= 11 is 0. The largest absolute Gasteiger partial charge is 0.355 e. The molecule has 1 fully saturated rings. The van der Waals surface area contributed by atoms with Gasteiger partial charge in [-0.05, 0) is 37.5 Å². The first kappa shape index (κ1) is 14.5. The lowest BCUT2D eigenvalue weighted by Gasteiger charge is -2.15. The molecule has 1 saturated heterocycles. The van der Waals surface area contributed by atoms with E-state index in [1.807, 2.05) is 37.3 Å². The van der Waals surface area contributed by atoms with E-state index in [0.717, 1.165) is 24.5 Å². The topological polar surface area (TPSA) is 58.1 Å². The molecule has 2 aromatic rings. The molecule has 1 N–H and O–H groups in total. The van der Waals surface area contributed by atoms with E-state index in [9.17, 15) is 4.79 Å². The molecule has 1 aromatic heterocycles. The Labute approximate surface area is 130 Å². The number of aromatic nitrogens is 2. The molecule has 0 saturated carbocycles. The maximum atomic E-state index is 12.1. The van der Waals surface area contributed by atoms with Gasteiger partial charge in [-0.1, -0.05) is 29.8 Å². The van der Waals surface area contributed by atoms with Gasteiger partial charge in [-0.2, -0.15) is 0 Å². The molecule has 0 aliphatic carbocycles. The molecule has 0 spiro atoms. The Morgan fingerprint density at radius 2 is 1.82 bits per heavy atom. The van der Waals surface area contributed by atoms with Crippen LogP contribution in [0.1, 0.15) is 34.5 Å². The summed E-state index contributed by atoms with van der Waals surface area (Å²) in [4.78, 5) is 14.3. The molecule has 0 unspecified atom stereocenters. The number of amides is 1. The summed E-state index contributed by atoms with van der Waals surface area (Å²) in [5.41, 5.74) is 2.63. The molecule has 22 heavy (non-hydrogen) atoms. The van der Waals surface area contributed by atoms with E-state index >= 15 is 0 Å². The second kappa shape index (κ2) is 6.56. The van der Waals surface area contributed by atoms with Gasteiger partial charge in [-0.3, -0.25) is 4.79 Å². The number of hydrogen-bond donors (Lipinski definition) is 1. The highest BCUT2D eigenvalue weighted by Gasteiger charge is 2.15. The van der Waals surface area contributed by atoms with Gasteiger partial charge >= 0.3 is 0 Å². The van der Waals surface area contributed by atoms with E-state index in [1.54, 1.807) is 6.07 Å². The fourth-order valence-corrected chi connectivity index (χ4v) is 2.54. The number of carbonyl (C=O) groups is 1. The molecular weight excluding hydrogens is 276 g/mol. The van der Waals surface area contributed by atoms with Crippen LogP contribution in [0.3, 0.4) is 0 Å². The average molecular weight is 296 g/mol. The minimum absolute atomic E-state index is 0.193. The van der Waals surface area contributed by atoms with Gasteiger partial charge in [0.2, 0.25) is 0 Å². The van der Waals surface area contributed by atoms with Crippen LogP contribution in [0.2, 0.25) is 0 Å². The number of hydrogen-bond acceptors (Lipinski definition) is 4. The van der Waals surface area contributed by atoms with Crippen LogP contribution in [0.25, 0.3) is 0 Å². The standard InChI is InChI=1S/C17H20N4O/c1-13-4-6-14(7-5-13)12-18-17(22)15-8-9-16(20-19-15)21-10-2-3-11-21/h4-9H,2-3,10-12H2,1H3,(H,18,22). The molecule has 0 radical (unpaired) electrons. The van der Waals surface area contributed by atoms with Gasteiger partial charge in [-0.15, -0.1) is 10.2 Å². The van der Waals surface area contributed by atoms with Crippen molar-refractivity contribution >= 4 is 11.7 Å². The Balaban J connectivity index is 1.58. The van der Waals surface area contributed by atoms with Crippen LogP contribution in [0.5, 0.6) is 0 Å². The summed E-state index contributed by atoms with van der Waals surface area (Å²) in [6.45, 7) is 4.58. The van der Waals surface area contributed by atoms with E-state index in [4.69, 9.17) is 0 Å². The van der Waals surface area contributed by atoms with Crippen molar-refractivity contribution in [2.75, 3.05) is 18.0 Å². The molecule has 5 nitrogen and oxygen atoms in total. The Kier molecular flexibility index (Phi) is 4.32. The van der Waals surface area contributed by atoms with Crippen LogP contribution in [-0.4, -0.2) is 29.2 Å². The third-order valence-corrected chi connectivity index (χ3v) is 3.89. The lowest BCUT2D eigenvalue weighted by atomic mass is 10.1. The zero-order valence-electron chi connectivity index (χ0n) is 12.7. The first-order valence-corrected chi connectivity index (χ1v) is 7.65. The monoisotopic (exact) mass is 296 g/mol. The van der Waals surface area contributed by atoms with Crippen molar-refractivity contribution in [3.05, 3.63) is 53.2 Å². The Bertz CT molecular complexity index is 631. The summed E-state index contributed by atoms with van der Waals surface area (Å²) in [6, 6.07) is 11.7. The zero-order chi connectivity index (χ0) is 15.4. The average Bonchev–Trinajstić information content (AvgIpc) is 3.09. The minimum atomic E-state index is -0.193. The van der Waals surface area contributed by atoms with Gasteiger partial charge in [0.1, 0.15) is 0 Å². The fraction of sp³-hybridized carbons (Fsp3) is 0.353. The summed E-state index contributed by atoms with van der Waals surface area (Å²) in [6.07, 6.45) is 2.39. The highest BCUT2D eigenvalue weighted by atomic mass is 16.1. The number of nitrogens with zero attached hydrogens (tertiary/aromatic N) is 3. The first-order chi connectivity index (χ1) is 10.7. The molecule has 3 rings (SSSR count). The number of rotatable bonds is 4. The highest BCUT2D eigenvalue weighted by Crippen LogP contribution is 2.16. The van der Waals surface area contributed by atoms with E-state index in [-0.39, 0.29) is 5.91 Å². The van der Waals surface area contributed by atoms with Crippen molar-refractivity contribution in [1.82, 2.24) is 15.5 Å². The van der Waals surface area contributed by atoms with Gasteiger partial charge in [0, 0.05) is 19.6 Å². The smallest absolute Gasteiger partial charge is 0.272 e. The van der Waals surface area contributed by atoms with Gasteiger partial charge in [0.25, 0.3) is 5.91 Å². The number of anilines is 1. The maximum Gasteiger partial charge on any atom is 0.272 e. The molecule has 114 valence electrons. The number of nitrogens with one attached hydrogen (secondary N) is 1. The highest BCUT2D eigenvalue weighted by molar-refractivity contribution is 5.92. The van der Waals surface area contributed by atoms with Crippen molar-refractivity contribution in [2.24, 2.45) is 0 Å². The van der Waals surface area contributed by atoms with Crippen molar-refractivity contribution in [3.8, 4) is 0 Å². The van der Waals surface area contributed by atoms with Gasteiger partial charge < -0.3 is 10.2 Å². The van der Waals surface area contributed by atoms with Gasteiger partial charge in [0.15, 0.2) is 11.5 Å². The predicted octanol–water partition coefficient (Wildman–Crippen LogP) is 2.32. The Morgan fingerprint density at radius 1 is 1.09 bits per heavy atom. The number of carbonyl (C=O) groups excluding carboxylic acids is 1. The van der Waals surface area contributed by atoms with E-state index in [1.165, 1.54) is 18.4 Å². The van der Waals surface area contributed by atoms with Crippen LogP contribution in [-0.2, 0) is 6.54 Å². The minimum Gasteiger partial charge on any atom is -0.355 e. The van der Waals surface area contributed by atoms with E-state index in [0.29, 0.717) is 12.2 Å². The zero-order valence-corrected chi connectivity index (χ0v) is 12.7. The van der Waals surface area contributed by atoms with Crippen LogP contribution in [0.15, 0.2) is 36.4 Å². The molecule has 1 aliphatic rings. The van der Waals surface area contributed by atoms with Crippen molar-refractivity contribution in [2.45, 2.75) is 26.3 Å². The summed E-state index contributed by atoms with van der Waals surface area (Å²) < 4.78 is 0. The first-order valence-electron chi connectivity index (χ1n) is 7.65. The summed E-state index contributed by atoms with van der Waals surface area (Å²) in [7, 11) is 0. The third-order valence-electron chi connectivity index (χ3n) is 3.89. The second-order valence-electron chi connectivity index (χ2n) is 5.64. The molecule has 0 atom stereocenters. The van der Waals surface area contributed by atoms with Crippen molar-refractivity contribution in [1.29, 1.82) is 0 Å².